The van der Waals surface area contributed by atoms with Gasteiger partial charge in [0, 0.05) is 18.4 Å². The van der Waals surface area contributed by atoms with E-state index in [9.17, 15) is 0 Å². The Bertz CT molecular complexity index is 467. The molecule has 1 N–H and O–H groups in total. The molecule has 0 amide bonds. The Kier molecular flexibility index (Phi) is 5.57. The molecular weight excluding hydrogens is 232 g/mol. The largest absolute Gasteiger partial charge is 0.316 e. The van der Waals surface area contributed by atoms with E-state index in [1.54, 1.807) is 0 Å². The Hall–Kier alpha value is -1.33. The van der Waals surface area contributed by atoms with Gasteiger partial charge in [-0.1, -0.05) is 26.0 Å². The molecule has 1 aromatic carbocycles. The van der Waals surface area contributed by atoms with Crippen LogP contribution >= 0.6 is 0 Å². The Balaban J connectivity index is 2.72. The summed E-state index contributed by atoms with van der Waals surface area (Å²) in [6.45, 7) is 13.0. The molecule has 0 saturated carbocycles. The van der Waals surface area contributed by atoms with Crippen molar-refractivity contribution in [1.82, 2.24) is 5.32 Å². The summed E-state index contributed by atoms with van der Waals surface area (Å²) in [5.41, 5.74) is 5.63. The molecular formula is C17H26N2. The van der Waals surface area contributed by atoms with Crippen LogP contribution in [-0.4, -0.2) is 13.1 Å². The summed E-state index contributed by atoms with van der Waals surface area (Å²) in [6.07, 6.45) is 1.56. The number of nitriles is 1. The van der Waals surface area contributed by atoms with Crippen molar-refractivity contribution in [3.63, 3.8) is 0 Å². The SMILES string of the molecule is Cc1cc(C)c(C(C)(C)CNCCCC#N)cc1C. The summed E-state index contributed by atoms with van der Waals surface area (Å²) in [5, 5.41) is 12.0. The summed E-state index contributed by atoms with van der Waals surface area (Å²) in [7, 11) is 0. The van der Waals surface area contributed by atoms with Gasteiger partial charge in [0.1, 0.15) is 0 Å². The molecule has 104 valence electrons. The highest BCUT2D eigenvalue weighted by Crippen LogP contribution is 2.28. The summed E-state index contributed by atoms with van der Waals surface area (Å²) in [4.78, 5) is 0. The molecule has 2 nitrogen and oxygen atoms in total. The minimum absolute atomic E-state index is 0.120. The van der Waals surface area contributed by atoms with Crippen molar-refractivity contribution in [3.05, 3.63) is 34.4 Å². The monoisotopic (exact) mass is 258 g/mol. The lowest BCUT2D eigenvalue weighted by molar-refractivity contribution is 0.465. The lowest BCUT2D eigenvalue weighted by Gasteiger charge is -2.28. The van der Waals surface area contributed by atoms with E-state index < -0.39 is 0 Å². The zero-order chi connectivity index (χ0) is 14.5. The average Bonchev–Trinajstić information content (AvgIpc) is 2.33. The van der Waals surface area contributed by atoms with Gasteiger partial charge in [-0.15, -0.1) is 0 Å². The van der Waals surface area contributed by atoms with E-state index in [2.05, 4.69) is 58.1 Å². The number of rotatable bonds is 6. The van der Waals surface area contributed by atoms with Gasteiger partial charge in [-0.2, -0.15) is 5.26 Å². The molecule has 1 aromatic rings. The van der Waals surface area contributed by atoms with Gasteiger partial charge in [0.15, 0.2) is 0 Å². The lowest BCUT2D eigenvalue weighted by Crippen LogP contribution is -2.34. The maximum Gasteiger partial charge on any atom is 0.0622 e. The Morgan fingerprint density at radius 1 is 1.11 bits per heavy atom. The third-order valence-electron chi connectivity index (χ3n) is 3.78. The number of nitrogens with one attached hydrogen (secondary N) is 1. The molecule has 0 bridgehead atoms. The highest BCUT2D eigenvalue weighted by Gasteiger charge is 2.22. The van der Waals surface area contributed by atoms with Crippen molar-refractivity contribution in [3.8, 4) is 6.07 Å². The topological polar surface area (TPSA) is 35.8 Å². The molecule has 0 aliphatic carbocycles. The number of hydrogen-bond donors (Lipinski definition) is 1. The maximum atomic E-state index is 8.52. The molecule has 19 heavy (non-hydrogen) atoms. The third-order valence-corrected chi connectivity index (χ3v) is 3.78. The maximum absolute atomic E-state index is 8.52. The van der Waals surface area contributed by atoms with Gasteiger partial charge in [0.2, 0.25) is 0 Å². The first-order chi connectivity index (χ1) is 8.88. The Labute approximate surface area is 117 Å². The van der Waals surface area contributed by atoms with E-state index in [1.807, 2.05) is 0 Å². The molecule has 0 fully saturated rings. The van der Waals surface area contributed by atoms with Crippen LogP contribution in [0.2, 0.25) is 0 Å². The summed E-state index contributed by atoms with van der Waals surface area (Å²) in [5.74, 6) is 0. The van der Waals surface area contributed by atoms with E-state index >= 15 is 0 Å². The van der Waals surface area contributed by atoms with Crippen LogP contribution in [0.4, 0.5) is 0 Å². The van der Waals surface area contributed by atoms with Gasteiger partial charge in [0.25, 0.3) is 0 Å². The van der Waals surface area contributed by atoms with Crippen molar-refractivity contribution in [2.45, 2.75) is 52.9 Å². The lowest BCUT2D eigenvalue weighted by atomic mass is 9.80. The second-order valence-electron chi connectivity index (χ2n) is 6.07. The Morgan fingerprint density at radius 3 is 2.37 bits per heavy atom. The first kappa shape index (κ1) is 15.7. The minimum Gasteiger partial charge on any atom is -0.316 e. The quantitative estimate of drug-likeness (QED) is 0.788. The molecule has 0 aromatic heterocycles. The zero-order valence-corrected chi connectivity index (χ0v) is 12.9. The van der Waals surface area contributed by atoms with Gasteiger partial charge in [-0.25, -0.2) is 0 Å². The second-order valence-corrected chi connectivity index (χ2v) is 6.07. The van der Waals surface area contributed by atoms with Crippen LogP contribution in [0.25, 0.3) is 0 Å². The zero-order valence-electron chi connectivity index (χ0n) is 12.9. The molecule has 0 spiro atoms. The fraction of sp³-hybridized carbons (Fsp3) is 0.588. The van der Waals surface area contributed by atoms with Crippen LogP contribution in [0.15, 0.2) is 12.1 Å². The van der Waals surface area contributed by atoms with Crippen molar-refractivity contribution in [2.24, 2.45) is 0 Å². The molecule has 0 atom stereocenters. The van der Waals surface area contributed by atoms with E-state index in [1.165, 1.54) is 22.3 Å². The highest BCUT2D eigenvalue weighted by molar-refractivity contribution is 5.40. The van der Waals surface area contributed by atoms with Gasteiger partial charge < -0.3 is 5.32 Å². The predicted molar refractivity (Wildman–Crippen MR) is 81.4 cm³/mol. The number of hydrogen-bond acceptors (Lipinski definition) is 2. The van der Waals surface area contributed by atoms with Gasteiger partial charge in [-0.05, 0) is 56.0 Å². The molecule has 2 heteroatoms. The standard InChI is InChI=1S/C17H26N2/c1-13-10-15(3)16(11-14(13)2)17(4,5)12-19-9-7-6-8-18/h10-11,19H,6-7,9,12H2,1-5H3. The highest BCUT2D eigenvalue weighted by atomic mass is 14.9. The van der Waals surface area contributed by atoms with Gasteiger partial charge >= 0.3 is 0 Å². The van der Waals surface area contributed by atoms with Crippen LogP contribution < -0.4 is 5.32 Å². The molecule has 0 radical (unpaired) electrons. The van der Waals surface area contributed by atoms with Crippen LogP contribution in [0.5, 0.6) is 0 Å². The third kappa shape index (κ3) is 4.36. The van der Waals surface area contributed by atoms with Gasteiger partial charge in [0.05, 0.1) is 6.07 Å². The number of aryl methyl sites for hydroxylation is 3. The molecule has 0 saturated heterocycles. The van der Waals surface area contributed by atoms with Crippen LogP contribution in [0.1, 0.15) is 48.9 Å². The van der Waals surface area contributed by atoms with Crippen molar-refractivity contribution < 1.29 is 0 Å². The van der Waals surface area contributed by atoms with Crippen LogP contribution in [0.3, 0.4) is 0 Å². The molecule has 0 heterocycles. The molecule has 1 rings (SSSR count). The molecule has 0 aliphatic heterocycles. The van der Waals surface area contributed by atoms with Crippen LogP contribution in [-0.2, 0) is 5.41 Å². The van der Waals surface area contributed by atoms with Crippen molar-refractivity contribution in [2.75, 3.05) is 13.1 Å². The predicted octanol–water partition coefficient (Wildman–Crippen LogP) is 3.78. The van der Waals surface area contributed by atoms with Crippen molar-refractivity contribution >= 4 is 0 Å². The molecule has 0 unspecified atom stereocenters. The minimum atomic E-state index is 0.120. The van der Waals surface area contributed by atoms with Gasteiger partial charge in [-0.3, -0.25) is 0 Å². The Morgan fingerprint density at radius 2 is 1.74 bits per heavy atom. The summed E-state index contributed by atoms with van der Waals surface area (Å²) < 4.78 is 0. The van der Waals surface area contributed by atoms with E-state index in [-0.39, 0.29) is 5.41 Å². The number of nitrogens with zero attached hydrogens (tertiary/aromatic N) is 1. The van der Waals surface area contributed by atoms with Crippen molar-refractivity contribution in [1.29, 1.82) is 5.26 Å². The van der Waals surface area contributed by atoms with E-state index in [0.717, 1.165) is 19.5 Å². The number of benzene rings is 1. The number of unbranched alkanes of at least 4 members (excludes halogenated alkanes) is 1. The van der Waals surface area contributed by atoms with Crippen LogP contribution in [0, 0.1) is 32.1 Å². The second kappa shape index (κ2) is 6.73. The smallest absolute Gasteiger partial charge is 0.0622 e. The molecule has 0 aliphatic rings. The van der Waals surface area contributed by atoms with E-state index in [4.69, 9.17) is 5.26 Å². The first-order valence-electron chi connectivity index (χ1n) is 7.04. The summed E-state index contributed by atoms with van der Waals surface area (Å²) in [6, 6.07) is 6.78. The fourth-order valence-electron chi connectivity index (χ4n) is 2.48. The first-order valence-corrected chi connectivity index (χ1v) is 7.04. The average molecular weight is 258 g/mol. The fourth-order valence-corrected chi connectivity index (χ4v) is 2.48. The van der Waals surface area contributed by atoms with E-state index in [0.29, 0.717) is 6.42 Å². The normalized spacial score (nSPS) is 11.4. The summed E-state index contributed by atoms with van der Waals surface area (Å²) >= 11 is 0.